The molecule has 1 aliphatic carbocycles. The van der Waals surface area contributed by atoms with E-state index in [1.54, 1.807) is 0 Å². The van der Waals surface area contributed by atoms with E-state index >= 15 is 0 Å². The van der Waals surface area contributed by atoms with Gasteiger partial charge in [-0.2, -0.15) is 0 Å². The molecule has 1 aliphatic rings. The molecule has 0 radical (unpaired) electrons. The first kappa shape index (κ1) is 10.5. The first-order chi connectivity index (χ1) is 8.16. The highest BCUT2D eigenvalue weighted by Crippen LogP contribution is 2.31. The van der Waals surface area contributed by atoms with Gasteiger partial charge in [-0.05, 0) is 48.6 Å². The number of benzene rings is 2. The molecule has 2 aromatic rings. The lowest BCUT2D eigenvalue weighted by molar-refractivity contribution is 0.0973. The average Bonchev–Trinajstić information content (AvgIpc) is 2.29. The van der Waals surface area contributed by atoms with Gasteiger partial charge in [-0.25, -0.2) is 0 Å². The summed E-state index contributed by atoms with van der Waals surface area (Å²) in [6.45, 7) is 4.27. The molecule has 0 heterocycles. The van der Waals surface area contributed by atoms with E-state index in [-0.39, 0.29) is 0 Å². The van der Waals surface area contributed by atoms with Crippen LogP contribution >= 0.6 is 0 Å². The van der Waals surface area contributed by atoms with E-state index in [0.717, 1.165) is 18.4 Å². The summed E-state index contributed by atoms with van der Waals surface area (Å²) in [4.78, 5) is 11.9. The van der Waals surface area contributed by atoms with Crippen molar-refractivity contribution in [3.05, 3.63) is 46.5 Å². The highest BCUT2D eigenvalue weighted by molar-refractivity contribution is 6.04. The number of carbonyl (C=O) groups excluding carboxylic acids is 1. The second-order valence-corrected chi connectivity index (χ2v) is 5.05. The van der Waals surface area contributed by atoms with E-state index in [0.29, 0.717) is 12.2 Å². The molecule has 3 rings (SSSR count). The van der Waals surface area contributed by atoms with Crippen molar-refractivity contribution in [2.75, 3.05) is 0 Å². The third kappa shape index (κ3) is 1.57. The van der Waals surface area contributed by atoms with Gasteiger partial charge in [0.15, 0.2) is 5.78 Å². The van der Waals surface area contributed by atoms with Gasteiger partial charge >= 0.3 is 0 Å². The Kier molecular flexibility index (Phi) is 2.29. The van der Waals surface area contributed by atoms with Crippen LogP contribution in [0.15, 0.2) is 24.3 Å². The summed E-state index contributed by atoms with van der Waals surface area (Å²) in [6, 6.07) is 8.55. The van der Waals surface area contributed by atoms with Crippen LogP contribution in [-0.2, 0) is 6.42 Å². The smallest absolute Gasteiger partial charge is 0.163 e. The molecule has 1 nitrogen and oxygen atoms in total. The van der Waals surface area contributed by atoms with Gasteiger partial charge in [-0.15, -0.1) is 0 Å². The Morgan fingerprint density at radius 3 is 2.65 bits per heavy atom. The minimum Gasteiger partial charge on any atom is -0.294 e. The third-order valence-corrected chi connectivity index (χ3v) is 3.73. The highest BCUT2D eigenvalue weighted by atomic mass is 16.1. The number of aryl methyl sites for hydroxylation is 3. The molecule has 0 saturated carbocycles. The fourth-order valence-electron chi connectivity index (χ4n) is 2.95. The van der Waals surface area contributed by atoms with E-state index in [1.807, 2.05) is 6.07 Å². The quantitative estimate of drug-likeness (QED) is 0.661. The summed E-state index contributed by atoms with van der Waals surface area (Å²) in [7, 11) is 0. The van der Waals surface area contributed by atoms with Crippen molar-refractivity contribution in [1.82, 2.24) is 0 Å². The Morgan fingerprint density at radius 2 is 1.82 bits per heavy atom. The normalized spacial score (nSPS) is 15.1. The van der Waals surface area contributed by atoms with Gasteiger partial charge in [0.2, 0.25) is 0 Å². The molecule has 0 N–H and O–H groups in total. The molecule has 0 atom stereocenters. The van der Waals surface area contributed by atoms with E-state index < -0.39 is 0 Å². The second kappa shape index (κ2) is 3.69. The minimum atomic E-state index is 0.312. The maximum atomic E-state index is 11.9. The standard InChI is InChI=1S/C16H16O/c1-10-8-11(2)12-6-7-14-13(15(12)9-10)4-3-5-16(14)17/h6-9H,3-5H2,1-2H3. The Hall–Kier alpha value is -1.63. The number of carbonyl (C=O) groups is 1. The molecular formula is C16H16O. The SMILES string of the molecule is Cc1cc(C)c2ccc3c(c2c1)CCCC3=O. The van der Waals surface area contributed by atoms with Crippen molar-refractivity contribution in [3.8, 4) is 0 Å². The van der Waals surface area contributed by atoms with Crippen molar-refractivity contribution < 1.29 is 4.79 Å². The summed E-state index contributed by atoms with van der Waals surface area (Å²) in [5, 5.41) is 2.58. The van der Waals surface area contributed by atoms with Crippen molar-refractivity contribution in [1.29, 1.82) is 0 Å². The molecule has 2 aromatic carbocycles. The van der Waals surface area contributed by atoms with E-state index in [2.05, 4.69) is 32.0 Å². The molecule has 0 spiro atoms. The number of Topliss-reactive ketones (excluding diaryl/α,β-unsaturated/α-hetero) is 1. The number of hydrogen-bond donors (Lipinski definition) is 0. The van der Waals surface area contributed by atoms with Gasteiger partial charge in [-0.1, -0.05) is 29.8 Å². The zero-order valence-corrected chi connectivity index (χ0v) is 10.3. The van der Waals surface area contributed by atoms with Crippen LogP contribution in [-0.4, -0.2) is 5.78 Å². The molecule has 0 fully saturated rings. The first-order valence-corrected chi connectivity index (χ1v) is 6.23. The van der Waals surface area contributed by atoms with Gasteiger partial charge in [-0.3, -0.25) is 4.79 Å². The van der Waals surface area contributed by atoms with Crippen molar-refractivity contribution in [2.24, 2.45) is 0 Å². The summed E-state index contributed by atoms with van der Waals surface area (Å²) >= 11 is 0. The molecule has 0 aromatic heterocycles. The molecule has 1 heteroatoms. The molecule has 0 saturated heterocycles. The van der Waals surface area contributed by atoms with Crippen molar-refractivity contribution in [2.45, 2.75) is 33.1 Å². The zero-order valence-electron chi connectivity index (χ0n) is 10.3. The van der Waals surface area contributed by atoms with E-state index in [4.69, 9.17) is 0 Å². The summed E-state index contributed by atoms with van der Waals surface area (Å²) in [5.41, 5.74) is 4.81. The Labute approximate surface area is 101 Å². The maximum Gasteiger partial charge on any atom is 0.163 e. The predicted octanol–water partition coefficient (Wildman–Crippen LogP) is 3.98. The average molecular weight is 224 g/mol. The Morgan fingerprint density at radius 1 is 1.00 bits per heavy atom. The van der Waals surface area contributed by atoms with Gasteiger partial charge in [0.25, 0.3) is 0 Å². The molecule has 0 bridgehead atoms. The first-order valence-electron chi connectivity index (χ1n) is 6.23. The monoisotopic (exact) mass is 224 g/mol. The van der Waals surface area contributed by atoms with Crippen LogP contribution in [0.3, 0.4) is 0 Å². The lowest BCUT2D eigenvalue weighted by atomic mass is 9.85. The molecule has 86 valence electrons. The van der Waals surface area contributed by atoms with Crippen LogP contribution in [0.4, 0.5) is 0 Å². The molecular weight excluding hydrogens is 208 g/mol. The van der Waals surface area contributed by atoms with Gasteiger partial charge in [0.05, 0.1) is 0 Å². The Balaban J connectivity index is 2.41. The highest BCUT2D eigenvalue weighted by Gasteiger charge is 2.19. The summed E-state index contributed by atoms with van der Waals surface area (Å²) in [6.07, 6.45) is 2.75. The fraction of sp³-hybridized carbons (Fsp3) is 0.312. The zero-order chi connectivity index (χ0) is 12.0. The van der Waals surface area contributed by atoms with Crippen LogP contribution < -0.4 is 0 Å². The van der Waals surface area contributed by atoms with Crippen LogP contribution in [0, 0.1) is 13.8 Å². The molecule has 0 unspecified atom stereocenters. The van der Waals surface area contributed by atoms with Gasteiger partial charge in [0, 0.05) is 12.0 Å². The molecule has 17 heavy (non-hydrogen) atoms. The fourth-order valence-corrected chi connectivity index (χ4v) is 2.95. The second-order valence-electron chi connectivity index (χ2n) is 5.05. The lowest BCUT2D eigenvalue weighted by Crippen LogP contribution is -2.11. The number of ketones is 1. The Bertz CT molecular complexity index is 623. The molecule has 0 aliphatic heterocycles. The van der Waals surface area contributed by atoms with Crippen LogP contribution in [0.5, 0.6) is 0 Å². The minimum absolute atomic E-state index is 0.312. The molecule has 0 amide bonds. The third-order valence-electron chi connectivity index (χ3n) is 3.73. The summed E-state index contributed by atoms with van der Waals surface area (Å²) in [5.74, 6) is 0.312. The number of hydrogen-bond acceptors (Lipinski definition) is 1. The predicted molar refractivity (Wildman–Crippen MR) is 70.7 cm³/mol. The van der Waals surface area contributed by atoms with Crippen molar-refractivity contribution in [3.63, 3.8) is 0 Å². The van der Waals surface area contributed by atoms with Gasteiger partial charge < -0.3 is 0 Å². The topological polar surface area (TPSA) is 17.1 Å². The summed E-state index contributed by atoms with van der Waals surface area (Å²) < 4.78 is 0. The van der Waals surface area contributed by atoms with Crippen LogP contribution in [0.1, 0.15) is 39.9 Å². The lowest BCUT2D eigenvalue weighted by Gasteiger charge is -2.18. The maximum absolute atomic E-state index is 11.9. The van der Waals surface area contributed by atoms with E-state index in [1.165, 1.54) is 27.5 Å². The number of fused-ring (bicyclic) bond motifs is 3. The van der Waals surface area contributed by atoms with Crippen molar-refractivity contribution >= 4 is 16.6 Å². The van der Waals surface area contributed by atoms with Crippen LogP contribution in [0.2, 0.25) is 0 Å². The van der Waals surface area contributed by atoms with Crippen LogP contribution in [0.25, 0.3) is 10.8 Å². The van der Waals surface area contributed by atoms with Gasteiger partial charge in [0.1, 0.15) is 0 Å². The van der Waals surface area contributed by atoms with E-state index in [9.17, 15) is 4.79 Å². The largest absolute Gasteiger partial charge is 0.294 e. The number of rotatable bonds is 0.